The number of hydrogen-bond acceptors (Lipinski definition) is 5. The van der Waals surface area contributed by atoms with Gasteiger partial charge in [0.15, 0.2) is 5.69 Å². The fourth-order valence-electron chi connectivity index (χ4n) is 4.57. The van der Waals surface area contributed by atoms with Gasteiger partial charge in [0, 0.05) is 43.3 Å². The van der Waals surface area contributed by atoms with E-state index in [9.17, 15) is 14.0 Å². The Bertz CT molecular complexity index is 1180. The van der Waals surface area contributed by atoms with Crippen molar-refractivity contribution in [2.24, 2.45) is 5.92 Å². The predicted molar refractivity (Wildman–Crippen MR) is 138 cm³/mol. The Labute approximate surface area is 211 Å². The van der Waals surface area contributed by atoms with Crippen LogP contribution in [0.1, 0.15) is 44.1 Å². The van der Waals surface area contributed by atoms with Gasteiger partial charge in [0.2, 0.25) is 5.91 Å². The number of rotatable bonds is 8. The first-order valence-electron chi connectivity index (χ1n) is 12.6. The Morgan fingerprint density at radius 3 is 2.22 bits per heavy atom. The molecule has 1 aromatic heterocycles. The Balaban J connectivity index is 1.53. The minimum Gasteiger partial charge on any atom is -0.461 e. The number of carbonyl (C=O) groups is 2. The number of aromatic nitrogens is 2. The Kier molecular flexibility index (Phi) is 8.03. The van der Waals surface area contributed by atoms with Gasteiger partial charge < -0.3 is 14.5 Å². The van der Waals surface area contributed by atoms with Crippen molar-refractivity contribution in [2.75, 3.05) is 37.7 Å². The van der Waals surface area contributed by atoms with Crippen molar-refractivity contribution in [3.05, 3.63) is 66.1 Å². The molecule has 4 rings (SSSR count). The highest BCUT2D eigenvalue weighted by molar-refractivity contribution is 5.89. The maximum absolute atomic E-state index is 13.5. The normalized spacial score (nSPS) is 14.6. The molecule has 0 aliphatic carbocycles. The molecule has 0 radical (unpaired) electrons. The zero-order valence-electron chi connectivity index (χ0n) is 21.1. The van der Waals surface area contributed by atoms with Crippen LogP contribution in [-0.4, -0.2) is 59.3 Å². The zero-order valence-corrected chi connectivity index (χ0v) is 21.1. The van der Waals surface area contributed by atoms with Gasteiger partial charge in [0.25, 0.3) is 0 Å². The van der Waals surface area contributed by atoms with Crippen LogP contribution in [0.5, 0.6) is 0 Å². The van der Waals surface area contributed by atoms with E-state index in [4.69, 9.17) is 4.74 Å². The number of piperazine rings is 1. The largest absolute Gasteiger partial charge is 0.461 e. The summed E-state index contributed by atoms with van der Waals surface area (Å²) < 4.78 is 20.3. The average molecular weight is 493 g/mol. The van der Waals surface area contributed by atoms with E-state index in [1.54, 1.807) is 29.8 Å². The van der Waals surface area contributed by atoms with Crippen molar-refractivity contribution in [2.45, 2.75) is 33.6 Å². The summed E-state index contributed by atoms with van der Waals surface area (Å²) in [6.45, 7) is 9.12. The molecule has 1 saturated heterocycles. The molecule has 3 aromatic rings. The SMILES string of the molecule is CCCC(C)C(=O)N1CCN(c2ccc(-c3cc(C(=O)OCC)nn3-c3ccc(F)cc3)cc2)CC1. The first kappa shape index (κ1) is 25.4. The molecule has 1 fully saturated rings. The van der Waals surface area contributed by atoms with E-state index >= 15 is 0 Å². The molecule has 1 atom stereocenters. The summed E-state index contributed by atoms with van der Waals surface area (Å²) in [6.07, 6.45) is 1.94. The van der Waals surface area contributed by atoms with Crippen molar-refractivity contribution >= 4 is 17.6 Å². The Hall–Kier alpha value is -3.68. The summed E-state index contributed by atoms with van der Waals surface area (Å²) in [5.74, 6) is -0.523. The van der Waals surface area contributed by atoms with Gasteiger partial charge in [0.05, 0.1) is 18.0 Å². The lowest BCUT2D eigenvalue weighted by atomic mass is 10.0. The third kappa shape index (κ3) is 5.58. The first-order chi connectivity index (χ1) is 17.4. The summed E-state index contributed by atoms with van der Waals surface area (Å²) in [6, 6.07) is 15.7. The van der Waals surface area contributed by atoms with Gasteiger partial charge in [-0.15, -0.1) is 0 Å². The van der Waals surface area contributed by atoms with E-state index in [2.05, 4.69) is 16.9 Å². The standard InChI is InChI=1S/C28H33FN4O3/c1-4-6-20(3)27(34)32-17-15-31(16-18-32)23-11-7-21(8-12-23)26-19-25(28(35)36-5-2)30-33(26)24-13-9-22(29)10-14-24/h7-14,19-20H,4-6,15-18H2,1-3H3. The molecule has 8 heteroatoms. The number of anilines is 1. The second-order valence-electron chi connectivity index (χ2n) is 9.07. The van der Waals surface area contributed by atoms with E-state index in [0.717, 1.165) is 50.3 Å². The highest BCUT2D eigenvalue weighted by atomic mass is 19.1. The van der Waals surface area contributed by atoms with Crippen LogP contribution >= 0.6 is 0 Å². The molecule has 2 aromatic carbocycles. The molecule has 0 saturated carbocycles. The van der Waals surface area contributed by atoms with E-state index < -0.39 is 5.97 Å². The molecule has 7 nitrogen and oxygen atoms in total. The number of esters is 1. The summed E-state index contributed by atoms with van der Waals surface area (Å²) in [5.41, 5.74) is 3.48. The van der Waals surface area contributed by atoms with Crippen LogP contribution in [0.2, 0.25) is 0 Å². The van der Waals surface area contributed by atoms with Crippen LogP contribution in [0.15, 0.2) is 54.6 Å². The number of nitrogens with zero attached hydrogens (tertiary/aromatic N) is 4. The lowest BCUT2D eigenvalue weighted by Gasteiger charge is -2.37. The van der Waals surface area contributed by atoms with Gasteiger partial charge in [0.1, 0.15) is 5.82 Å². The van der Waals surface area contributed by atoms with Crippen LogP contribution in [0.4, 0.5) is 10.1 Å². The van der Waals surface area contributed by atoms with Crippen LogP contribution in [0.25, 0.3) is 16.9 Å². The molecular formula is C28H33FN4O3. The highest BCUT2D eigenvalue weighted by Crippen LogP contribution is 2.28. The second kappa shape index (κ2) is 11.4. The highest BCUT2D eigenvalue weighted by Gasteiger charge is 2.25. The summed E-state index contributed by atoms with van der Waals surface area (Å²) >= 11 is 0. The Morgan fingerprint density at radius 1 is 0.972 bits per heavy atom. The quantitative estimate of drug-likeness (QED) is 0.417. The van der Waals surface area contributed by atoms with E-state index in [0.29, 0.717) is 11.4 Å². The summed E-state index contributed by atoms with van der Waals surface area (Å²) in [7, 11) is 0. The van der Waals surface area contributed by atoms with Gasteiger partial charge in [-0.1, -0.05) is 32.4 Å². The molecule has 1 unspecified atom stereocenters. The minimum atomic E-state index is -0.503. The maximum atomic E-state index is 13.5. The minimum absolute atomic E-state index is 0.0753. The second-order valence-corrected chi connectivity index (χ2v) is 9.07. The molecule has 0 spiro atoms. The maximum Gasteiger partial charge on any atom is 0.358 e. The smallest absolute Gasteiger partial charge is 0.358 e. The molecule has 1 aliphatic rings. The molecule has 2 heterocycles. The van der Waals surface area contributed by atoms with Crippen molar-refractivity contribution in [3.8, 4) is 16.9 Å². The van der Waals surface area contributed by atoms with Gasteiger partial charge in [-0.2, -0.15) is 5.10 Å². The van der Waals surface area contributed by atoms with Crippen LogP contribution in [-0.2, 0) is 9.53 Å². The number of hydrogen-bond donors (Lipinski definition) is 0. The first-order valence-corrected chi connectivity index (χ1v) is 12.6. The van der Waals surface area contributed by atoms with Gasteiger partial charge in [-0.3, -0.25) is 4.79 Å². The molecule has 1 amide bonds. The topological polar surface area (TPSA) is 67.7 Å². The van der Waals surface area contributed by atoms with Crippen molar-refractivity contribution < 1.29 is 18.7 Å². The summed E-state index contributed by atoms with van der Waals surface area (Å²) in [5, 5.41) is 4.44. The third-order valence-electron chi connectivity index (χ3n) is 6.53. The molecule has 0 bridgehead atoms. The number of ether oxygens (including phenoxy) is 1. The molecule has 0 N–H and O–H groups in total. The fourth-order valence-corrected chi connectivity index (χ4v) is 4.57. The molecule has 36 heavy (non-hydrogen) atoms. The number of carbonyl (C=O) groups excluding carboxylic acids is 2. The molecular weight excluding hydrogens is 459 g/mol. The Morgan fingerprint density at radius 2 is 1.61 bits per heavy atom. The van der Waals surface area contributed by atoms with E-state index in [-0.39, 0.29) is 29.9 Å². The van der Waals surface area contributed by atoms with Gasteiger partial charge in [-0.25, -0.2) is 13.9 Å². The molecule has 190 valence electrons. The van der Waals surface area contributed by atoms with E-state index in [1.807, 2.05) is 36.1 Å². The van der Waals surface area contributed by atoms with Crippen molar-refractivity contribution in [1.82, 2.24) is 14.7 Å². The van der Waals surface area contributed by atoms with Crippen molar-refractivity contribution in [1.29, 1.82) is 0 Å². The third-order valence-corrected chi connectivity index (χ3v) is 6.53. The van der Waals surface area contributed by atoms with Crippen LogP contribution < -0.4 is 4.90 Å². The number of halogens is 1. The van der Waals surface area contributed by atoms with Gasteiger partial charge in [-0.05, 0) is 55.8 Å². The monoisotopic (exact) mass is 492 g/mol. The summed E-state index contributed by atoms with van der Waals surface area (Å²) in [4.78, 5) is 29.2. The van der Waals surface area contributed by atoms with Crippen LogP contribution in [0.3, 0.4) is 0 Å². The zero-order chi connectivity index (χ0) is 25.7. The predicted octanol–water partition coefficient (Wildman–Crippen LogP) is 4.94. The fraction of sp³-hybridized carbons (Fsp3) is 0.393. The van der Waals surface area contributed by atoms with E-state index in [1.165, 1.54) is 12.1 Å². The van der Waals surface area contributed by atoms with Crippen LogP contribution in [0, 0.1) is 11.7 Å². The lowest BCUT2D eigenvalue weighted by molar-refractivity contribution is -0.135. The number of benzene rings is 2. The lowest BCUT2D eigenvalue weighted by Crippen LogP contribution is -2.50. The number of amides is 1. The van der Waals surface area contributed by atoms with Crippen molar-refractivity contribution in [3.63, 3.8) is 0 Å². The molecule has 1 aliphatic heterocycles. The average Bonchev–Trinajstić information content (AvgIpc) is 3.35. The van der Waals surface area contributed by atoms with Gasteiger partial charge >= 0.3 is 5.97 Å².